The zero-order valence-electron chi connectivity index (χ0n) is 12.0. The normalized spacial score (nSPS) is 11.1. The number of hydrogen-bond acceptors (Lipinski definition) is 3. The summed E-state index contributed by atoms with van der Waals surface area (Å²) < 4.78 is 5.85. The molecule has 0 spiro atoms. The Hall–Kier alpha value is -2.94. The second-order valence-electron chi connectivity index (χ2n) is 5.39. The lowest BCUT2D eigenvalue weighted by Crippen LogP contribution is -2.00. The summed E-state index contributed by atoms with van der Waals surface area (Å²) >= 11 is 0. The monoisotopic (exact) mass is 287 g/mol. The van der Waals surface area contributed by atoms with Gasteiger partial charge in [-0.1, -0.05) is 35.9 Å². The average Bonchev–Trinajstić information content (AvgIpc) is 2.54. The highest BCUT2D eigenvalue weighted by Crippen LogP contribution is 2.24. The van der Waals surface area contributed by atoms with Gasteiger partial charge in [-0.2, -0.15) is 0 Å². The van der Waals surface area contributed by atoms with Crippen LogP contribution in [-0.2, 0) is 0 Å². The molecule has 0 radical (unpaired) electrons. The lowest BCUT2D eigenvalue weighted by Gasteiger charge is -2.05. The molecule has 106 valence electrons. The molecule has 2 aromatic heterocycles. The number of para-hydroxylation sites is 1. The molecule has 0 N–H and O–H groups in total. The molecule has 4 rings (SSSR count). The Kier molecular flexibility index (Phi) is 2.79. The molecule has 0 aliphatic heterocycles. The molecule has 0 aliphatic rings. The number of benzene rings is 2. The number of rotatable bonds is 1. The number of aromatic nitrogens is 1. The van der Waals surface area contributed by atoms with Gasteiger partial charge in [-0.3, -0.25) is 9.78 Å². The zero-order valence-corrected chi connectivity index (χ0v) is 12.0. The van der Waals surface area contributed by atoms with Crippen molar-refractivity contribution < 1.29 is 4.42 Å². The number of pyridine rings is 1. The first kappa shape index (κ1) is 12.8. The van der Waals surface area contributed by atoms with Crippen LogP contribution in [0.1, 0.15) is 5.56 Å². The fraction of sp³-hybridized carbons (Fsp3) is 0.0526. The van der Waals surface area contributed by atoms with Crippen LogP contribution in [0.2, 0.25) is 0 Å². The number of nitrogens with zero attached hydrogens (tertiary/aromatic N) is 1. The van der Waals surface area contributed by atoms with Gasteiger partial charge in [-0.05, 0) is 30.5 Å². The first-order chi connectivity index (χ1) is 10.7. The molecule has 2 aromatic carbocycles. The van der Waals surface area contributed by atoms with E-state index >= 15 is 0 Å². The largest absolute Gasteiger partial charge is 0.454 e. The summed E-state index contributed by atoms with van der Waals surface area (Å²) in [6.45, 7) is 2.05. The van der Waals surface area contributed by atoms with Gasteiger partial charge in [0.05, 0.1) is 5.39 Å². The fourth-order valence-electron chi connectivity index (χ4n) is 2.63. The van der Waals surface area contributed by atoms with E-state index in [0.29, 0.717) is 22.4 Å². The van der Waals surface area contributed by atoms with Gasteiger partial charge in [0.2, 0.25) is 0 Å². The second kappa shape index (κ2) is 4.81. The highest BCUT2D eigenvalue weighted by molar-refractivity contribution is 5.86. The van der Waals surface area contributed by atoms with Gasteiger partial charge in [0.25, 0.3) is 0 Å². The average molecular weight is 287 g/mol. The van der Waals surface area contributed by atoms with Crippen LogP contribution >= 0.6 is 0 Å². The summed E-state index contributed by atoms with van der Waals surface area (Å²) in [5.41, 5.74) is 2.38. The van der Waals surface area contributed by atoms with Gasteiger partial charge in [0, 0.05) is 17.6 Å². The molecular formula is C19H13NO2. The Balaban J connectivity index is 1.96. The van der Waals surface area contributed by atoms with Crippen molar-refractivity contribution in [3.8, 4) is 11.5 Å². The first-order valence-electron chi connectivity index (χ1n) is 7.10. The molecule has 0 bridgehead atoms. The van der Waals surface area contributed by atoms with Gasteiger partial charge in [0.15, 0.2) is 11.2 Å². The number of fused-ring (bicyclic) bond motifs is 2. The maximum Gasteiger partial charge on any atom is 0.193 e. The van der Waals surface area contributed by atoms with Crippen LogP contribution in [0.25, 0.3) is 33.2 Å². The van der Waals surface area contributed by atoms with E-state index < -0.39 is 0 Å². The molecule has 3 heteroatoms. The van der Waals surface area contributed by atoms with Gasteiger partial charge < -0.3 is 4.42 Å². The Labute approximate surface area is 126 Å². The van der Waals surface area contributed by atoms with E-state index in [1.54, 1.807) is 18.3 Å². The molecule has 0 saturated heterocycles. The van der Waals surface area contributed by atoms with Crippen molar-refractivity contribution in [3.63, 3.8) is 0 Å². The SMILES string of the molecule is Cc1ccc2cnc(-c3cc(=O)c4ccccc4o3)cc2c1. The van der Waals surface area contributed by atoms with Crippen molar-refractivity contribution in [1.29, 1.82) is 0 Å². The molecule has 0 saturated carbocycles. The van der Waals surface area contributed by atoms with Gasteiger partial charge in [-0.25, -0.2) is 0 Å². The van der Waals surface area contributed by atoms with Crippen molar-refractivity contribution in [1.82, 2.24) is 4.98 Å². The molecule has 22 heavy (non-hydrogen) atoms. The van der Waals surface area contributed by atoms with Crippen molar-refractivity contribution in [2.75, 3.05) is 0 Å². The van der Waals surface area contributed by atoms with E-state index in [2.05, 4.69) is 24.0 Å². The fourth-order valence-corrected chi connectivity index (χ4v) is 2.63. The summed E-state index contributed by atoms with van der Waals surface area (Å²) in [7, 11) is 0. The minimum absolute atomic E-state index is 0.0528. The third-order valence-electron chi connectivity index (χ3n) is 3.76. The van der Waals surface area contributed by atoms with Crippen LogP contribution < -0.4 is 5.43 Å². The molecule has 0 fully saturated rings. The van der Waals surface area contributed by atoms with E-state index in [4.69, 9.17) is 4.42 Å². The second-order valence-corrected chi connectivity index (χ2v) is 5.39. The van der Waals surface area contributed by atoms with Crippen LogP contribution in [0, 0.1) is 6.92 Å². The number of hydrogen-bond donors (Lipinski definition) is 0. The summed E-state index contributed by atoms with van der Waals surface area (Å²) in [5.74, 6) is 0.493. The van der Waals surface area contributed by atoms with Crippen LogP contribution in [0.15, 0.2) is 70.0 Å². The Morgan fingerprint density at radius 1 is 0.955 bits per heavy atom. The molecule has 0 aliphatic carbocycles. The quantitative estimate of drug-likeness (QED) is 0.523. The molecule has 2 heterocycles. The van der Waals surface area contributed by atoms with Crippen molar-refractivity contribution in [2.24, 2.45) is 0 Å². The maximum absolute atomic E-state index is 12.2. The molecule has 0 atom stereocenters. The van der Waals surface area contributed by atoms with Crippen LogP contribution in [0.4, 0.5) is 0 Å². The smallest absolute Gasteiger partial charge is 0.193 e. The Bertz CT molecular complexity index is 1060. The summed E-state index contributed by atoms with van der Waals surface area (Å²) in [5, 5.41) is 2.74. The van der Waals surface area contributed by atoms with Crippen LogP contribution in [0.3, 0.4) is 0 Å². The topological polar surface area (TPSA) is 43.1 Å². The van der Waals surface area contributed by atoms with Crippen molar-refractivity contribution >= 4 is 21.7 Å². The predicted molar refractivity (Wildman–Crippen MR) is 88.0 cm³/mol. The van der Waals surface area contributed by atoms with Crippen LogP contribution in [0.5, 0.6) is 0 Å². The Morgan fingerprint density at radius 3 is 2.73 bits per heavy atom. The van der Waals surface area contributed by atoms with Crippen LogP contribution in [-0.4, -0.2) is 4.98 Å². The molecule has 3 nitrogen and oxygen atoms in total. The summed E-state index contributed by atoms with van der Waals surface area (Å²) in [6.07, 6.45) is 1.80. The van der Waals surface area contributed by atoms with E-state index in [9.17, 15) is 4.79 Å². The third-order valence-corrected chi connectivity index (χ3v) is 3.76. The van der Waals surface area contributed by atoms with Gasteiger partial charge in [0.1, 0.15) is 11.3 Å². The Morgan fingerprint density at radius 2 is 1.82 bits per heavy atom. The molecule has 4 aromatic rings. The number of aryl methyl sites for hydroxylation is 1. The van der Waals surface area contributed by atoms with Gasteiger partial charge in [-0.15, -0.1) is 0 Å². The predicted octanol–water partition coefficient (Wildman–Crippen LogP) is 4.32. The summed E-state index contributed by atoms with van der Waals surface area (Å²) in [4.78, 5) is 16.6. The van der Waals surface area contributed by atoms with E-state index in [-0.39, 0.29) is 5.43 Å². The van der Waals surface area contributed by atoms with Crippen molar-refractivity contribution in [2.45, 2.75) is 6.92 Å². The minimum Gasteiger partial charge on any atom is -0.454 e. The molecular weight excluding hydrogens is 274 g/mol. The van der Waals surface area contributed by atoms with E-state index in [1.165, 1.54) is 11.6 Å². The van der Waals surface area contributed by atoms with E-state index in [0.717, 1.165) is 10.8 Å². The first-order valence-corrected chi connectivity index (χ1v) is 7.10. The minimum atomic E-state index is -0.0528. The third kappa shape index (κ3) is 2.07. The highest BCUT2D eigenvalue weighted by atomic mass is 16.3. The van der Waals surface area contributed by atoms with E-state index in [1.807, 2.05) is 24.3 Å². The summed E-state index contributed by atoms with van der Waals surface area (Å²) in [6, 6.07) is 16.9. The lowest BCUT2D eigenvalue weighted by atomic mass is 10.1. The maximum atomic E-state index is 12.2. The highest BCUT2D eigenvalue weighted by Gasteiger charge is 2.08. The molecule has 0 unspecified atom stereocenters. The zero-order chi connectivity index (χ0) is 15.1. The molecule has 0 amide bonds. The van der Waals surface area contributed by atoms with Gasteiger partial charge >= 0.3 is 0 Å². The van der Waals surface area contributed by atoms with Crippen molar-refractivity contribution in [3.05, 3.63) is 76.6 Å². The standard InChI is InChI=1S/C19H13NO2/c1-12-6-7-13-11-20-16(9-14(13)8-12)19-10-17(21)15-4-2-3-5-18(15)22-19/h2-11H,1H3. The lowest BCUT2D eigenvalue weighted by molar-refractivity contribution is 0.616.